The minimum atomic E-state index is -3.33. The van der Waals surface area contributed by atoms with Gasteiger partial charge >= 0.3 is 0 Å². The van der Waals surface area contributed by atoms with Gasteiger partial charge in [-0.25, -0.2) is 8.42 Å². The number of hydrogen-bond acceptors (Lipinski definition) is 4. The maximum Gasteiger partial charge on any atom is 0.262 e. The number of amides is 1. The molecule has 24 heavy (non-hydrogen) atoms. The molecule has 128 valence electrons. The van der Waals surface area contributed by atoms with Gasteiger partial charge in [0.25, 0.3) is 5.91 Å². The predicted molar refractivity (Wildman–Crippen MR) is 94.3 cm³/mol. The Labute approximate surface area is 142 Å². The summed E-state index contributed by atoms with van der Waals surface area (Å²) < 4.78 is 28.9. The van der Waals surface area contributed by atoms with E-state index in [1.165, 1.54) is 12.1 Å². The average molecular weight is 347 g/mol. The summed E-state index contributed by atoms with van der Waals surface area (Å²) in [7, 11) is -3.33. The summed E-state index contributed by atoms with van der Waals surface area (Å²) in [6.45, 7) is 5.49. The second kappa shape index (κ2) is 7.05. The van der Waals surface area contributed by atoms with Crippen LogP contribution in [0.1, 0.15) is 16.7 Å². The fourth-order valence-electron chi connectivity index (χ4n) is 2.32. The van der Waals surface area contributed by atoms with Gasteiger partial charge in [-0.15, -0.1) is 0 Å². The van der Waals surface area contributed by atoms with Crippen molar-refractivity contribution < 1.29 is 17.9 Å². The summed E-state index contributed by atoms with van der Waals surface area (Å²) in [6.07, 6.45) is 1.13. The van der Waals surface area contributed by atoms with Gasteiger partial charge in [0.15, 0.2) is 16.4 Å². The van der Waals surface area contributed by atoms with Crippen molar-refractivity contribution in [3.05, 3.63) is 53.1 Å². The van der Waals surface area contributed by atoms with Gasteiger partial charge in [0.1, 0.15) is 5.75 Å². The molecule has 0 atom stereocenters. The third kappa shape index (κ3) is 4.35. The Morgan fingerprint density at radius 3 is 2.25 bits per heavy atom. The quantitative estimate of drug-likeness (QED) is 0.902. The Morgan fingerprint density at radius 1 is 1.04 bits per heavy atom. The SMILES string of the molecule is Cc1ccc(S(C)(=O)=O)cc1NC(=O)COc1c(C)cccc1C. The summed E-state index contributed by atoms with van der Waals surface area (Å²) in [6, 6.07) is 10.4. The van der Waals surface area contributed by atoms with E-state index < -0.39 is 9.84 Å². The van der Waals surface area contributed by atoms with Crippen LogP contribution in [0.2, 0.25) is 0 Å². The first-order valence-corrected chi connectivity index (χ1v) is 9.37. The summed E-state index contributed by atoms with van der Waals surface area (Å²) >= 11 is 0. The average Bonchev–Trinajstić information content (AvgIpc) is 2.48. The number of carbonyl (C=O) groups is 1. The molecule has 0 saturated carbocycles. The molecule has 0 fully saturated rings. The van der Waals surface area contributed by atoms with Crippen molar-refractivity contribution in [3.63, 3.8) is 0 Å². The molecule has 2 aromatic rings. The highest BCUT2D eigenvalue weighted by molar-refractivity contribution is 7.90. The van der Waals surface area contributed by atoms with Gasteiger partial charge in [0, 0.05) is 11.9 Å². The van der Waals surface area contributed by atoms with Crippen LogP contribution in [-0.2, 0) is 14.6 Å². The molecule has 0 saturated heterocycles. The molecule has 2 rings (SSSR count). The van der Waals surface area contributed by atoms with Crippen molar-refractivity contribution in [3.8, 4) is 5.75 Å². The molecule has 2 aromatic carbocycles. The molecule has 5 nitrogen and oxygen atoms in total. The fourth-order valence-corrected chi connectivity index (χ4v) is 2.96. The zero-order chi connectivity index (χ0) is 17.9. The van der Waals surface area contributed by atoms with Crippen LogP contribution in [0.3, 0.4) is 0 Å². The van der Waals surface area contributed by atoms with Gasteiger partial charge < -0.3 is 10.1 Å². The van der Waals surface area contributed by atoms with Crippen LogP contribution >= 0.6 is 0 Å². The Balaban J connectivity index is 2.10. The van der Waals surface area contributed by atoms with Crippen molar-refractivity contribution in [1.82, 2.24) is 0 Å². The third-order valence-corrected chi connectivity index (χ3v) is 4.78. The minimum absolute atomic E-state index is 0.145. The molecule has 0 aliphatic rings. The molecule has 0 bridgehead atoms. The summed E-state index contributed by atoms with van der Waals surface area (Å²) in [5.41, 5.74) is 3.16. The van der Waals surface area contributed by atoms with Gasteiger partial charge in [-0.05, 0) is 49.6 Å². The number of ether oxygens (including phenoxy) is 1. The Bertz CT molecular complexity index is 852. The fraction of sp³-hybridized carbons (Fsp3) is 0.278. The van der Waals surface area contributed by atoms with E-state index in [4.69, 9.17) is 4.74 Å². The highest BCUT2D eigenvalue weighted by Crippen LogP contribution is 2.23. The van der Waals surface area contributed by atoms with E-state index in [9.17, 15) is 13.2 Å². The minimum Gasteiger partial charge on any atom is -0.483 e. The maximum atomic E-state index is 12.1. The second-order valence-electron chi connectivity index (χ2n) is 5.81. The lowest BCUT2D eigenvalue weighted by Gasteiger charge is -2.13. The van der Waals surface area contributed by atoms with E-state index in [0.717, 1.165) is 22.9 Å². The van der Waals surface area contributed by atoms with Crippen LogP contribution < -0.4 is 10.1 Å². The number of benzene rings is 2. The van der Waals surface area contributed by atoms with Crippen LogP contribution in [0.5, 0.6) is 5.75 Å². The molecule has 6 heteroatoms. The normalized spacial score (nSPS) is 11.2. The monoisotopic (exact) mass is 347 g/mol. The van der Waals surface area contributed by atoms with E-state index in [1.54, 1.807) is 13.0 Å². The first kappa shape index (κ1) is 18.0. The van der Waals surface area contributed by atoms with Gasteiger partial charge in [-0.2, -0.15) is 0 Å². The number of nitrogens with one attached hydrogen (secondary N) is 1. The number of hydrogen-bond donors (Lipinski definition) is 1. The lowest BCUT2D eigenvalue weighted by Crippen LogP contribution is -2.21. The smallest absolute Gasteiger partial charge is 0.262 e. The zero-order valence-electron chi connectivity index (χ0n) is 14.2. The molecule has 0 unspecified atom stereocenters. The Kier molecular flexibility index (Phi) is 5.29. The van der Waals surface area contributed by atoms with Crippen molar-refractivity contribution in [2.45, 2.75) is 25.7 Å². The van der Waals surface area contributed by atoms with Crippen LogP contribution in [0, 0.1) is 20.8 Å². The first-order valence-electron chi connectivity index (χ1n) is 7.48. The van der Waals surface area contributed by atoms with E-state index in [0.29, 0.717) is 11.4 Å². The Morgan fingerprint density at radius 2 is 1.67 bits per heavy atom. The Hall–Kier alpha value is -2.34. The second-order valence-corrected chi connectivity index (χ2v) is 7.82. The maximum absolute atomic E-state index is 12.1. The summed E-state index contributed by atoms with van der Waals surface area (Å²) in [5.74, 6) is 0.348. The molecule has 0 aromatic heterocycles. The number of anilines is 1. The highest BCUT2D eigenvalue weighted by atomic mass is 32.2. The molecular formula is C18H21NO4S. The van der Waals surface area contributed by atoms with E-state index in [2.05, 4.69) is 5.32 Å². The van der Waals surface area contributed by atoms with E-state index in [1.807, 2.05) is 32.0 Å². The molecule has 0 radical (unpaired) electrons. The summed E-state index contributed by atoms with van der Waals surface area (Å²) in [5, 5.41) is 2.70. The van der Waals surface area contributed by atoms with Crippen molar-refractivity contribution in [2.24, 2.45) is 0 Å². The lowest BCUT2D eigenvalue weighted by molar-refractivity contribution is -0.118. The summed E-state index contributed by atoms with van der Waals surface area (Å²) in [4.78, 5) is 12.3. The zero-order valence-corrected chi connectivity index (χ0v) is 15.0. The van der Waals surface area contributed by atoms with Gasteiger partial charge in [0.05, 0.1) is 4.90 Å². The molecule has 1 amide bonds. The molecule has 0 spiro atoms. The van der Waals surface area contributed by atoms with Crippen LogP contribution in [-0.4, -0.2) is 27.2 Å². The van der Waals surface area contributed by atoms with Crippen molar-refractivity contribution in [2.75, 3.05) is 18.2 Å². The standard InChI is InChI=1S/C18H21NO4S/c1-12-8-9-15(24(4,21)22)10-16(12)19-17(20)11-23-18-13(2)6-5-7-14(18)3/h5-10H,11H2,1-4H3,(H,19,20). The molecule has 1 N–H and O–H groups in total. The first-order chi connectivity index (χ1) is 11.2. The highest BCUT2D eigenvalue weighted by Gasteiger charge is 2.12. The van der Waals surface area contributed by atoms with Crippen molar-refractivity contribution >= 4 is 21.4 Å². The van der Waals surface area contributed by atoms with Crippen molar-refractivity contribution in [1.29, 1.82) is 0 Å². The largest absolute Gasteiger partial charge is 0.483 e. The third-order valence-electron chi connectivity index (χ3n) is 3.67. The number of carbonyl (C=O) groups excluding carboxylic acids is 1. The number of rotatable bonds is 5. The van der Waals surface area contributed by atoms with Gasteiger partial charge in [-0.3, -0.25) is 4.79 Å². The molecular weight excluding hydrogens is 326 g/mol. The van der Waals surface area contributed by atoms with Crippen LogP contribution in [0.25, 0.3) is 0 Å². The molecule has 0 aliphatic carbocycles. The number of aryl methyl sites for hydroxylation is 3. The lowest BCUT2D eigenvalue weighted by atomic mass is 10.1. The predicted octanol–water partition coefficient (Wildman–Crippen LogP) is 3.03. The van der Waals surface area contributed by atoms with Gasteiger partial charge in [0.2, 0.25) is 0 Å². The molecule has 0 heterocycles. The topological polar surface area (TPSA) is 72.5 Å². The number of para-hydroxylation sites is 1. The van der Waals surface area contributed by atoms with Crippen LogP contribution in [0.4, 0.5) is 5.69 Å². The van der Waals surface area contributed by atoms with E-state index in [-0.39, 0.29) is 17.4 Å². The van der Waals surface area contributed by atoms with Crippen LogP contribution in [0.15, 0.2) is 41.3 Å². The molecule has 0 aliphatic heterocycles. The number of sulfone groups is 1. The van der Waals surface area contributed by atoms with E-state index >= 15 is 0 Å². The van der Waals surface area contributed by atoms with Gasteiger partial charge in [-0.1, -0.05) is 24.3 Å².